The fourth-order valence-corrected chi connectivity index (χ4v) is 2.32. The van der Waals surface area contributed by atoms with Gasteiger partial charge in [0.2, 0.25) is 5.91 Å². The number of hydrogen-bond donors (Lipinski definition) is 2. The van der Waals surface area contributed by atoms with Crippen LogP contribution in [0.25, 0.3) is 0 Å². The molecule has 1 aliphatic rings. The maximum absolute atomic E-state index is 11.9. The summed E-state index contributed by atoms with van der Waals surface area (Å²) >= 11 is 5.83. The predicted molar refractivity (Wildman–Crippen MR) is 76.4 cm³/mol. The van der Waals surface area contributed by atoms with E-state index in [1.54, 1.807) is 4.90 Å². The molecule has 0 aliphatic carbocycles. The van der Waals surface area contributed by atoms with Crippen molar-refractivity contribution in [2.24, 2.45) is 0 Å². The first-order valence-corrected chi connectivity index (χ1v) is 6.92. The van der Waals surface area contributed by atoms with E-state index >= 15 is 0 Å². The highest BCUT2D eigenvalue weighted by Gasteiger charge is 2.18. The molecule has 1 aromatic heterocycles. The summed E-state index contributed by atoms with van der Waals surface area (Å²) in [5.41, 5.74) is 6.09. The number of nitrogen functional groups attached to an aromatic ring is 1. The minimum absolute atomic E-state index is 0.0377. The summed E-state index contributed by atoms with van der Waals surface area (Å²) in [5.74, 6) is -0.522. The Bertz CT molecular complexity index is 515. The molecule has 0 aromatic carbocycles. The Balaban J connectivity index is 1.91. The first-order valence-electron chi connectivity index (χ1n) is 6.55. The highest BCUT2D eigenvalue weighted by molar-refractivity contribution is 6.32. The van der Waals surface area contributed by atoms with Gasteiger partial charge in [-0.05, 0) is 25.3 Å². The smallest absolute Gasteiger partial charge is 0.254 e. The van der Waals surface area contributed by atoms with Crippen molar-refractivity contribution in [3.05, 3.63) is 23.0 Å². The topological polar surface area (TPSA) is 88.3 Å². The highest BCUT2D eigenvalue weighted by Crippen LogP contribution is 2.15. The molecule has 1 saturated heterocycles. The average Bonchev–Trinajstić information content (AvgIpc) is 2.47. The van der Waals surface area contributed by atoms with E-state index in [-0.39, 0.29) is 23.2 Å². The molecular formula is C13H17ClN4O2. The van der Waals surface area contributed by atoms with Crippen molar-refractivity contribution in [3.8, 4) is 0 Å². The number of hydrogen-bond acceptors (Lipinski definition) is 4. The Morgan fingerprint density at radius 3 is 2.75 bits per heavy atom. The van der Waals surface area contributed by atoms with Crippen LogP contribution < -0.4 is 11.1 Å². The van der Waals surface area contributed by atoms with Crippen LogP contribution in [-0.2, 0) is 4.79 Å². The van der Waals surface area contributed by atoms with Crippen LogP contribution >= 0.6 is 11.6 Å². The van der Waals surface area contributed by atoms with E-state index in [2.05, 4.69) is 10.3 Å². The number of rotatable bonds is 3. The second-order valence-corrected chi connectivity index (χ2v) is 5.09. The lowest BCUT2D eigenvalue weighted by Gasteiger charge is -2.26. The molecule has 6 nitrogen and oxygen atoms in total. The Kier molecular flexibility index (Phi) is 4.79. The number of aromatic nitrogens is 1. The van der Waals surface area contributed by atoms with E-state index < -0.39 is 5.91 Å². The van der Waals surface area contributed by atoms with Gasteiger partial charge in [0.25, 0.3) is 5.91 Å². The normalized spacial score (nSPS) is 14.9. The van der Waals surface area contributed by atoms with Crippen LogP contribution in [0.5, 0.6) is 0 Å². The maximum Gasteiger partial charge on any atom is 0.254 e. The molecule has 0 radical (unpaired) electrons. The molecule has 1 aromatic rings. The zero-order chi connectivity index (χ0) is 14.5. The second kappa shape index (κ2) is 6.56. The molecule has 0 unspecified atom stereocenters. The van der Waals surface area contributed by atoms with Crippen LogP contribution in [0.15, 0.2) is 12.3 Å². The largest absolute Gasteiger partial charge is 0.397 e. The van der Waals surface area contributed by atoms with Gasteiger partial charge in [0.15, 0.2) is 0 Å². The Labute approximate surface area is 122 Å². The van der Waals surface area contributed by atoms with E-state index in [9.17, 15) is 9.59 Å². The SMILES string of the molecule is Nc1cnc(Cl)c(C(=O)NCC(=O)N2CCCCC2)c1. The lowest BCUT2D eigenvalue weighted by molar-refractivity contribution is -0.130. The third kappa shape index (κ3) is 3.60. The Morgan fingerprint density at radius 1 is 1.35 bits per heavy atom. The van der Waals surface area contributed by atoms with Crippen molar-refractivity contribution in [2.45, 2.75) is 19.3 Å². The number of carbonyl (C=O) groups is 2. The lowest BCUT2D eigenvalue weighted by atomic mass is 10.1. The number of anilines is 1. The molecule has 0 saturated carbocycles. The van der Waals surface area contributed by atoms with Crippen molar-refractivity contribution >= 4 is 29.1 Å². The van der Waals surface area contributed by atoms with Crippen molar-refractivity contribution in [2.75, 3.05) is 25.4 Å². The minimum atomic E-state index is -0.444. The quantitative estimate of drug-likeness (QED) is 0.816. The fourth-order valence-electron chi connectivity index (χ4n) is 2.13. The molecular weight excluding hydrogens is 280 g/mol. The predicted octanol–water partition coefficient (Wildman–Crippen LogP) is 1.06. The van der Waals surface area contributed by atoms with Gasteiger partial charge in [-0.25, -0.2) is 4.98 Å². The van der Waals surface area contributed by atoms with Gasteiger partial charge >= 0.3 is 0 Å². The number of nitrogens with zero attached hydrogens (tertiary/aromatic N) is 2. The standard InChI is InChI=1S/C13H17ClN4O2/c14-12-10(6-9(15)7-16-12)13(20)17-8-11(19)18-4-2-1-3-5-18/h6-7H,1-5,8,15H2,(H,17,20). The van der Waals surface area contributed by atoms with Crippen LogP contribution in [0.3, 0.4) is 0 Å². The van der Waals surface area contributed by atoms with Crippen molar-refractivity contribution in [3.63, 3.8) is 0 Å². The van der Waals surface area contributed by atoms with Crippen molar-refractivity contribution < 1.29 is 9.59 Å². The zero-order valence-corrected chi connectivity index (χ0v) is 11.8. The van der Waals surface area contributed by atoms with E-state index in [1.807, 2.05) is 0 Å². The monoisotopic (exact) mass is 296 g/mol. The maximum atomic E-state index is 11.9. The van der Waals surface area contributed by atoms with Crippen molar-refractivity contribution in [1.82, 2.24) is 15.2 Å². The summed E-state index contributed by atoms with van der Waals surface area (Å²) < 4.78 is 0. The number of amides is 2. The summed E-state index contributed by atoms with van der Waals surface area (Å²) in [5, 5.41) is 2.63. The third-order valence-corrected chi connectivity index (χ3v) is 3.51. The molecule has 0 atom stereocenters. The van der Waals surface area contributed by atoms with E-state index in [4.69, 9.17) is 17.3 Å². The molecule has 0 bridgehead atoms. The second-order valence-electron chi connectivity index (χ2n) is 4.73. The van der Waals surface area contributed by atoms with Crippen molar-refractivity contribution in [1.29, 1.82) is 0 Å². The van der Waals surface area contributed by atoms with Gasteiger partial charge < -0.3 is 16.0 Å². The Hall–Kier alpha value is -1.82. The molecule has 2 amide bonds. The summed E-state index contributed by atoms with van der Waals surface area (Å²) in [6.07, 6.45) is 4.56. The van der Waals surface area contributed by atoms with E-state index in [0.29, 0.717) is 5.69 Å². The number of piperidine rings is 1. The summed E-state index contributed by atoms with van der Waals surface area (Å²) in [6, 6.07) is 1.44. The lowest BCUT2D eigenvalue weighted by Crippen LogP contribution is -2.42. The zero-order valence-electron chi connectivity index (χ0n) is 11.1. The molecule has 1 fully saturated rings. The molecule has 7 heteroatoms. The summed E-state index contributed by atoms with van der Waals surface area (Å²) in [7, 11) is 0. The molecule has 2 heterocycles. The number of nitrogens with one attached hydrogen (secondary N) is 1. The number of carbonyl (C=O) groups excluding carboxylic acids is 2. The molecule has 2 rings (SSSR count). The van der Waals surface area contributed by atoms with Crippen LogP contribution in [0.2, 0.25) is 5.15 Å². The first-order chi connectivity index (χ1) is 9.58. The molecule has 0 spiro atoms. The highest BCUT2D eigenvalue weighted by atomic mass is 35.5. The summed E-state index contributed by atoms with van der Waals surface area (Å²) in [6.45, 7) is 1.48. The summed E-state index contributed by atoms with van der Waals surface area (Å²) in [4.78, 5) is 29.4. The molecule has 3 N–H and O–H groups in total. The molecule has 20 heavy (non-hydrogen) atoms. The van der Waals surface area contributed by atoms with E-state index in [1.165, 1.54) is 12.3 Å². The van der Waals surface area contributed by atoms with Gasteiger partial charge in [0.05, 0.1) is 24.0 Å². The number of halogens is 1. The van der Waals surface area contributed by atoms with Gasteiger partial charge in [-0.15, -0.1) is 0 Å². The number of likely N-dealkylation sites (tertiary alicyclic amines) is 1. The minimum Gasteiger partial charge on any atom is -0.397 e. The van der Waals surface area contributed by atoms with Crippen LogP contribution in [0, 0.1) is 0 Å². The Morgan fingerprint density at radius 2 is 2.05 bits per heavy atom. The van der Waals surface area contributed by atoms with Gasteiger partial charge in [-0.1, -0.05) is 11.6 Å². The third-order valence-electron chi connectivity index (χ3n) is 3.21. The molecule has 1 aliphatic heterocycles. The van der Waals surface area contributed by atoms with Gasteiger partial charge in [0.1, 0.15) is 5.15 Å². The van der Waals surface area contributed by atoms with E-state index in [0.717, 1.165) is 32.4 Å². The fraction of sp³-hybridized carbons (Fsp3) is 0.462. The van der Waals surface area contributed by atoms with Gasteiger partial charge in [-0.3, -0.25) is 9.59 Å². The first kappa shape index (κ1) is 14.6. The average molecular weight is 297 g/mol. The van der Waals surface area contributed by atoms with Crippen LogP contribution in [-0.4, -0.2) is 41.3 Å². The number of nitrogens with two attached hydrogens (primary N) is 1. The van der Waals surface area contributed by atoms with Crippen LogP contribution in [0.1, 0.15) is 29.6 Å². The number of pyridine rings is 1. The van der Waals surface area contributed by atoms with Crippen LogP contribution in [0.4, 0.5) is 5.69 Å². The molecule has 108 valence electrons. The van der Waals surface area contributed by atoms with Gasteiger partial charge in [-0.2, -0.15) is 0 Å². The van der Waals surface area contributed by atoms with Gasteiger partial charge in [0, 0.05) is 13.1 Å².